The van der Waals surface area contributed by atoms with Gasteiger partial charge in [0.1, 0.15) is 5.82 Å². The molecule has 3 nitrogen and oxygen atoms in total. The SMILES string of the molecule is Cc1nc(N(C)C)c2ccccc2c1Nc1ccccc1. The number of aromatic nitrogens is 1. The Labute approximate surface area is 125 Å². The second-order valence-electron chi connectivity index (χ2n) is 5.33. The molecule has 0 aliphatic rings. The van der Waals surface area contributed by atoms with E-state index < -0.39 is 0 Å². The summed E-state index contributed by atoms with van der Waals surface area (Å²) in [6.45, 7) is 2.05. The largest absolute Gasteiger partial charge is 0.362 e. The fourth-order valence-electron chi connectivity index (χ4n) is 2.53. The van der Waals surface area contributed by atoms with Crippen LogP contribution in [0.4, 0.5) is 17.2 Å². The molecule has 21 heavy (non-hydrogen) atoms. The van der Waals surface area contributed by atoms with E-state index in [-0.39, 0.29) is 0 Å². The highest BCUT2D eigenvalue weighted by molar-refractivity contribution is 6.02. The van der Waals surface area contributed by atoms with E-state index in [9.17, 15) is 0 Å². The van der Waals surface area contributed by atoms with Crippen LogP contribution >= 0.6 is 0 Å². The van der Waals surface area contributed by atoms with Gasteiger partial charge in [-0.3, -0.25) is 0 Å². The molecule has 0 amide bonds. The van der Waals surface area contributed by atoms with Gasteiger partial charge in [0.05, 0.1) is 11.4 Å². The Morgan fingerprint density at radius 1 is 0.857 bits per heavy atom. The molecule has 0 aliphatic heterocycles. The summed E-state index contributed by atoms with van der Waals surface area (Å²) in [5.74, 6) is 1.00. The molecule has 3 rings (SSSR count). The lowest BCUT2D eigenvalue weighted by Gasteiger charge is -2.19. The summed E-state index contributed by atoms with van der Waals surface area (Å²) in [6.07, 6.45) is 0. The molecule has 0 atom stereocenters. The smallest absolute Gasteiger partial charge is 0.136 e. The van der Waals surface area contributed by atoms with E-state index in [0.717, 1.165) is 28.3 Å². The van der Waals surface area contributed by atoms with Crippen LogP contribution in [-0.4, -0.2) is 19.1 Å². The third kappa shape index (κ3) is 2.55. The number of hydrogen-bond acceptors (Lipinski definition) is 3. The van der Waals surface area contributed by atoms with Crippen molar-refractivity contribution < 1.29 is 0 Å². The van der Waals surface area contributed by atoms with Crippen LogP contribution in [-0.2, 0) is 0 Å². The van der Waals surface area contributed by atoms with Crippen molar-refractivity contribution in [1.29, 1.82) is 0 Å². The summed E-state index contributed by atoms with van der Waals surface area (Å²) in [5, 5.41) is 5.85. The highest BCUT2D eigenvalue weighted by Crippen LogP contribution is 2.33. The molecule has 106 valence electrons. The van der Waals surface area contributed by atoms with Crippen LogP contribution in [0.25, 0.3) is 10.8 Å². The zero-order valence-electron chi connectivity index (χ0n) is 12.6. The van der Waals surface area contributed by atoms with Crippen molar-refractivity contribution in [2.24, 2.45) is 0 Å². The van der Waals surface area contributed by atoms with Crippen LogP contribution in [0, 0.1) is 6.92 Å². The van der Waals surface area contributed by atoms with E-state index >= 15 is 0 Å². The van der Waals surface area contributed by atoms with Crippen LogP contribution in [0.5, 0.6) is 0 Å². The van der Waals surface area contributed by atoms with Crippen molar-refractivity contribution in [3.8, 4) is 0 Å². The molecule has 0 fully saturated rings. The lowest BCUT2D eigenvalue weighted by molar-refractivity contribution is 1.06. The molecule has 0 aliphatic carbocycles. The second-order valence-corrected chi connectivity index (χ2v) is 5.33. The van der Waals surface area contributed by atoms with Crippen molar-refractivity contribution in [3.05, 3.63) is 60.3 Å². The number of rotatable bonds is 3. The fourth-order valence-corrected chi connectivity index (χ4v) is 2.53. The van der Waals surface area contributed by atoms with E-state index in [2.05, 4.69) is 46.6 Å². The van der Waals surface area contributed by atoms with Gasteiger partial charge < -0.3 is 10.2 Å². The zero-order chi connectivity index (χ0) is 14.8. The Morgan fingerprint density at radius 3 is 2.14 bits per heavy atom. The van der Waals surface area contributed by atoms with Gasteiger partial charge in [0.15, 0.2) is 0 Å². The average molecular weight is 277 g/mol. The molecule has 3 heteroatoms. The van der Waals surface area contributed by atoms with Gasteiger partial charge in [0.25, 0.3) is 0 Å². The number of hydrogen-bond donors (Lipinski definition) is 1. The average Bonchev–Trinajstić information content (AvgIpc) is 2.50. The first-order valence-electron chi connectivity index (χ1n) is 7.05. The summed E-state index contributed by atoms with van der Waals surface area (Å²) in [7, 11) is 4.05. The Hall–Kier alpha value is -2.55. The summed E-state index contributed by atoms with van der Waals surface area (Å²) in [4.78, 5) is 6.82. The molecule has 3 aromatic rings. The monoisotopic (exact) mass is 277 g/mol. The van der Waals surface area contributed by atoms with Gasteiger partial charge in [-0.25, -0.2) is 4.98 Å². The molecule has 1 heterocycles. The minimum atomic E-state index is 1.00. The molecule has 0 radical (unpaired) electrons. The van der Waals surface area contributed by atoms with Gasteiger partial charge in [-0.2, -0.15) is 0 Å². The highest BCUT2D eigenvalue weighted by Gasteiger charge is 2.12. The summed E-state index contributed by atoms with van der Waals surface area (Å²) in [6, 6.07) is 18.6. The molecule has 1 N–H and O–H groups in total. The predicted molar refractivity (Wildman–Crippen MR) is 90.5 cm³/mol. The molecule has 0 saturated carbocycles. The van der Waals surface area contributed by atoms with Gasteiger partial charge in [-0.05, 0) is 19.1 Å². The number of anilines is 3. The standard InChI is InChI=1S/C18H19N3/c1-13-17(20-14-9-5-4-6-10-14)15-11-7-8-12-16(15)18(19-13)21(2)3/h4-12,20H,1-3H3. The lowest BCUT2D eigenvalue weighted by Crippen LogP contribution is -2.12. The lowest BCUT2D eigenvalue weighted by atomic mass is 10.1. The van der Waals surface area contributed by atoms with Crippen LogP contribution < -0.4 is 10.2 Å². The van der Waals surface area contributed by atoms with Gasteiger partial charge in [-0.15, -0.1) is 0 Å². The van der Waals surface area contributed by atoms with Gasteiger partial charge >= 0.3 is 0 Å². The third-order valence-corrected chi connectivity index (χ3v) is 3.54. The highest BCUT2D eigenvalue weighted by atomic mass is 15.1. The Morgan fingerprint density at radius 2 is 1.48 bits per heavy atom. The maximum Gasteiger partial charge on any atom is 0.136 e. The zero-order valence-corrected chi connectivity index (χ0v) is 12.6. The molecule has 1 aromatic heterocycles. The van der Waals surface area contributed by atoms with E-state index in [1.54, 1.807) is 0 Å². The first-order valence-corrected chi connectivity index (χ1v) is 7.05. The summed E-state index contributed by atoms with van der Waals surface area (Å²) < 4.78 is 0. The van der Waals surface area contributed by atoms with Crippen molar-refractivity contribution in [3.63, 3.8) is 0 Å². The Kier molecular flexibility index (Phi) is 3.48. The number of nitrogens with one attached hydrogen (secondary N) is 1. The quantitative estimate of drug-likeness (QED) is 0.771. The topological polar surface area (TPSA) is 28.2 Å². The van der Waals surface area contributed by atoms with E-state index in [4.69, 9.17) is 4.98 Å². The van der Waals surface area contributed by atoms with Gasteiger partial charge in [-0.1, -0.05) is 42.5 Å². The maximum absolute atomic E-state index is 4.76. The molecule has 0 spiro atoms. The minimum Gasteiger partial charge on any atom is -0.362 e. The summed E-state index contributed by atoms with van der Waals surface area (Å²) in [5.41, 5.74) is 3.15. The number of benzene rings is 2. The molecule has 2 aromatic carbocycles. The third-order valence-electron chi connectivity index (χ3n) is 3.54. The number of pyridine rings is 1. The fraction of sp³-hybridized carbons (Fsp3) is 0.167. The first kappa shape index (κ1) is 13.4. The number of para-hydroxylation sites is 1. The van der Waals surface area contributed by atoms with Crippen molar-refractivity contribution >= 4 is 28.0 Å². The minimum absolute atomic E-state index is 1.00. The predicted octanol–water partition coefficient (Wildman–Crippen LogP) is 4.35. The van der Waals surface area contributed by atoms with Gasteiger partial charge in [0.2, 0.25) is 0 Å². The maximum atomic E-state index is 4.76. The van der Waals surface area contributed by atoms with E-state index in [1.165, 1.54) is 5.39 Å². The molecular weight excluding hydrogens is 258 g/mol. The van der Waals surface area contributed by atoms with E-state index in [0.29, 0.717) is 0 Å². The molecular formula is C18H19N3. The Bertz CT molecular complexity index is 764. The van der Waals surface area contributed by atoms with Crippen LogP contribution in [0.15, 0.2) is 54.6 Å². The second kappa shape index (κ2) is 5.44. The van der Waals surface area contributed by atoms with Crippen molar-refractivity contribution in [2.75, 3.05) is 24.3 Å². The molecule has 0 unspecified atom stereocenters. The Balaban J connectivity index is 2.19. The van der Waals surface area contributed by atoms with Crippen molar-refractivity contribution in [1.82, 2.24) is 4.98 Å². The van der Waals surface area contributed by atoms with E-state index in [1.807, 2.05) is 39.2 Å². The molecule has 0 bridgehead atoms. The molecule has 0 saturated heterocycles. The first-order chi connectivity index (χ1) is 10.2. The van der Waals surface area contributed by atoms with Crippen LogP contribution in [0.2, 0.25) is 0 Å². The normalized spacial score (nSPS) is 10.6. The number of nitrogens with zero attached hydrogens (tertiary/aromatic N) is 2. The number of fused-ring (bicyclic) bond motifs is 1. The number of aryl methyl sites for hydroxylation is 1. The summed E-state index contributed by atoms with van der Waals surface area (Å²) >= 11 is 0. The van der Waals surface area contributed by atoms with Gasteiger partial charge in [0, 0.05) is 30.6 Å². The van der Waals surface area contributed by atoms with Crippen LogP contribution in [0.1, 0.15) is 5.69 Å². The van der Waals surface area contributed by atoms with Crippen molar-refractivity contribution in [2.45, 2.75) is 6.92 Å². The van der Waals surface area contributed by atoms with Crippen LogP contribution in [0.3, 0.4) is 0 Å².